The van der Waals surface area contributed by atoms with Gasteiger partial charge in [0.25, 0.3) is 11.7 Å². The summed E-state index contributed by atoms with van der Waals surface area (Å²) >= 11 is 0. The van der Waals surface area contributed by atoms with Gasteiger partial charge in [-0.25, -0.2) is 14.4 Å². The molecule has 3 N–H and O–H groups in total. The number of aromatic amines is 2. The maximum Gasteiger partial charge on any atom is 0.430 e. The van der Waals surface area contributed by atoms with Gasteiger partial charge < -0.3 is 15.2 Å². The van der Waals surface area contributed by atoms with E-state index in [4.69, 9.17) is 9.90 Å². The van der Waals surface area contributed by atoms with Crippen molar-refractivity contribution in [1.29, 1.82) is 0 Å². The Labute approximate surface area is 222 Å². The summed E-state index contributed by atoms with van der Waals surface area (Å²) in [7, 11) is 0. The smallest absolute Gasteiger partial charge is 0.430 e. The van der Waals surface area contributed by atoms with Crippen LogP contribution in [0.4, 0.5) is 43.9 Å². The number of pyridine rings is 2. The van der Waals surface area contributed by atoms with E-state index in [0.29, 0.717) is 12.1 Å². The Kier molecular flexibility index (Phi) is 8.59. The molecule has 0 saturated carbocycles. The molecule has 0 aliphatic heterocycles. The van der Waals surface area contributed by atoms with Crippen LogP contribution in [0.1, 0.15) is 27.8 Å². The molecule has 1 unspecified atom stereocenters. The number of nitrogens with one attached hydrogen (secondary N) is 3. The van der Waals surface area contributed by atoms with Gasteiger partial charge in [-0.05, 0) is 30.3 Å². The van der Waals surface area contributed by atoms with Crippen LogP contribution in [0.2, 0.25) is 0 Å². The molecule has 4 aromatic rings. The van der Waals surface area contributed by atoms with E-state index in [-0.39, 0.29) is 28.3 Å². The van der Waals surface area contributed by atoms with Crippen molar-refractivity contribution in [2.24, 2.45) is 0 Å². The molecule has 1 amide bonds. The second-order valence-corrected chi connectivity index (χ2v) is 8.05. The Hall–Kier alpha value is -4.70. The quantitative estimate of drug-likeness (QED) is 0.277. The molecule has 0 spiro atoms. The van der Waals surface area contributed by atoms with E-state index in [1.807, 2.05) is 5.32 Å². The number of carbonyl (C=O) groups excluding carboxylic acids is 2. The summed E-state index contributed by atoms with van der Waals surface area (Å²) in [4.78, 5) is 26.7. The fourth-order valence-corrected chi connectivity index (χ4v) is 3.46. The third-order valence-corrected chi connectivity index (χ3v) is 5.26. The Morgan fingerprint density at radius 2 is 1.56 bits per heavy atom. The maximum atomic E-state index is 14.6. The van der Waals surface area contributed by atoms with E-state index in [1.165, 1.54) is 47.1 Å². The van der Waals surface area contributed by atoms with E-state index in [2.05, 4.69) is 9.97 Å². The molecule has 0 aliphatic rings. The van der Waals surface area contributed by atoms with Crippen molar-refractivity contribution in [3.05, 3.63) is 89.8 Å². The van der Waals surface area contributed by atoms with Crippen LogP contribution < -0.4 is 19.8 Å². The van der Waals surface area contributed by atoms with E-state index >= 15 is 0 Å². The number of hydrogen-bond donors (Lipinski definition) is 2. The topological polar surface area (TPSA) is 103 Å². The molecule has 17 heteroatoms. The number of carboxylic acid groups (broad SMARTS) is 1. The average molecular weight is 597 g/mol. The molecule has 0 saturated heterocycles. The summed E-state index contributed by atoms with van der Waals surface area (Å²) in [5.41, 5.74) is -2.08. The zero-order valence-corrected chi connectivity index (χ0v) is 19.9. The van der Waals surface area contributed by atoms with Crippen LogP contribution in [0.3, 0.4) is 0 Å². The lowest BCUT2D eigenvalue weighted by Gasteiger charge is -2.17. The highest BCUT2D eigenvalue weighted by Crippen LogP contribution is 2.33. The summed E-state index contributed by atoms with van der Waals surface area (Å²) in [5, 5.41) is 10.7. The molecule has 1 atom stereocenters. The minimum atomic E-state index is -5.19. The highest BCUT2D eigenvalue weighted by atomic mass is 19.4. The second-order valence-electron chi connectivity index (χ2n) is 8.05. The van der Waals surface area contributed by atoms with Crippen molar-refractivity contribution >= 4 is 17.4 Å². The van der Waals surface area contributed by atoms with Gasteiger partial charge in [-0.2, -0.15) is 43.9 Å². The van der Waals surface area contributed by atoms with Crippen molar-refractivity contribution < 1.29 is 68.0 Å². The predicted molar refractivity (Wildman–Crippen MR) is 115 cm³/mol. The highest BCUT2D eigenvalue weighted by Gasteiger charge is 2.46. The SMILES string of the molecule is O=C(NC(c1cccc[nH+]1)C(F)(F)F)c1[nH]c(-c2ccc(C(F)(F)F)cc2F)[n+]2ccccc12.O=C([O-])C(F)(F)F. The molecule has 218 valence electrons. The Balaban J connectivity index is 0.000000587. The maximum absolute atomic E-state index is 14.6. The third kappa shape index (κ3) is 7.29. The summed E-state index contributed by atoms with van der Waals surface area (Å²) in [6.45, 7) is 0. The van der Waals surface area contributed by atoms with Gasteiger partial charge in [0.15, 0.2) is 11.7 Å². The lowest BCUT2D eigenvalue weighted by Crippen LogP contribution is -2.41. The Morgan fingerprint density at radius 3 is 2.07 bits per heavy atom. The van der Waals surface area contributed by atoms with Crippen molar-refractivity contribution in [2.45, 2.75) is 24.6 Å². The number of aromatic nitrogens is 3. The first-order valence-electron chi connectivity index (χ1n) is 10.9. The van der Waals surface area contributed by atoms with Gasteiger partial charge >= 0.3 is 18.5 Å². The van der Waals surface area contributed by atoms with Gasteiger partial charge in [-0.3, -0.25) is 4.79 Å². The largest absolute Gasteiger partial charge is 0.542 e. The van der Waals surface area contributed by atoms with Crippen LogP contribution >= 0.6 is 0 Å². The standard InChI is InChI=1S/C22H13F7N4O.C2HF3O2/c23-14-11-12(21(24,25)26)7-8-13(14)19-31-17(16-6-2-4-10-33(16)19)20(34)32-18(22(27,28)29)15-5-1-3-9-30-15;3-2(4,5)1(6)7/h1-11,18H,(H,32,34);(H,6,7)/p+1. The van der Waals surface area contributed by atoms with Crippen molar-refractivity contribution in [3.8, 4) is 11.4 Å². The number of halogens is 10. The van der Waals surface area contributed by atoms with Crippen LogP contribution in [0.15, 0.2) is 67.0 Å². The number of carboxylic acids is 1. The summed E-state index contributed by atoms with van der Waals surface area (Å²) in [5.74, 6) is -5.51. The lowest BCUT2D eigenvalue weighted by atomic mass is 10.1. The molecule has 3 heterocycles. The molecular weight excluding hydrogens is 582 g/mol. The van der Waals surface area contributed by atoms with Crippen molar-refractivity contribution in [1.82, 2.24) is 10.3 Å². The van der Waals surface area contributed by atoms with E-state index < -0.39 is 47.8 Å². The van der Waals surface area contributed by atoms with Gasteiger partial charge in [0.05, 0.1) is 11.8 Å². The van der Waals surface area contributed by atoms with Crippen LogP contribution in [0.5, 0.6) is 0 Å². The van der Waals surface area contributed by atoms with Gasteiger partial charge in [0.2, 0.25) is 17.4 Å². The number of aliphatic carboxylic acids is 1. The molecule has 7 nitrogen and oxygen atoms in total. The second kappa shape index (κ2) is 11.4. The van der Waals surface area contributed by atoms with Gasteiger partial charge in [0, 0.05) is 12.1 Å². The molecule has 0 bridgehead atoms. The number of hydrogen-bond acceptors (Lipinski definition) is 3. The van der Waals surface area contributed by atoms with Crippen LogP contribution in [-0.4, -0.2) is 29.2 Å². The first kappa shape index (κ1) is 30.8. The third-order valence-electron chi connectivity index (χ3n) is 5.26. The molecule has 0 radical (unpaired) electrons. The minimum Gasteiger partial charge on any atom is -0.542 e. The number of fused-ring (bicyclic) bond motifs is 1. The minimum absolute atomic E-state index is 0.0901. The number of nitrogens with zero attached hydrogens (tertiary/aromatic N) is 1. The number of imidazole rings is 1. The monoisotopic (exact) mass is 597 g/mol. The molecule has 0 aliphatic carbocycles. The number of benzene rings is 1. The average Bonchev–Trinajstić information content (AvgIpc) is 3.26. The zero-order chi connectivity index (χ0) is 30.8. The lowest BCUT2D eigenvalue weighted by molar-refractivity contribution is -0.498. The predicted octanol–water partition coefficient (Wildman–Crippen LogP) is 3.72. The van der Waals surface area contributed by atoms with Crippen molar-refractivity contribution in [3.63, 3.8) is 0 Å². The molecule has 41 heavy (non-hydrogen) atoms. The molecule has 0 fully saturated rings. The normalized spacial score (nSPS) is 12.8. The zero-order valence-electron chi connectivity index (χ0n) is 19.9. The van der Waals surface area contributed by atoms with E-state index in [9.17, 15) is 48.7 Å². The van der Waals surface area contributed by atoms with Gasteiger partial charge in [0.1, 0.15) is 17.3 Å². The number of amides is 1. The molecular formula is C24H15F10N4O3+. The van der Waals surface area contributed by atoms with Crippen LogP contribution in [0.25, 0.3) is 16.9 Å². The number of rotatable bonds is 4. The summed E-state index contributed by atoms with van der Waals surface area (Å²) < 4.78 is 127. The van der Waals surface area contributed by atoms with E-state index in [1.54, 1.807) is 0 Å². The number of H-pyrrole nitrogens is 2. The van der Waals surface area contributed by atoms with E-state index in [0.717, 1.165) is 12.1 Å². The summed E-state index contributed by atoms with van der Waals surface area (Å²) in [6, 6.07) is 7.86. The first-order chi connectivity index (χ1) is 18.9. The van der Waals surface area contributed by atoms with Crippen molar-refractivity contribution in [2.75, 3.05) is 0 Å². The first-order valence-corrected chi connectivity index (χ1v) is 10.9. The molecule has 3 aromatic heterocycles. The Morgan fingerprint density at radius 1 is 0.927 bits per heavy atom. The molecule has 4 rings (SSSR count). The van der Waals surface area contributed by atoms with Crippen LogP contribution in [-0.2, 0) is 11.0 Å². The molecule has 1 aromatic carbocycles. The highest BCUT2D eigenvalue weighted by molar-refractivity contribution is 5.98. The number of alkyl halides is 9. The van der Waals surface area contributed by atoms with Crippen LogP contribution in [0, 0.1) is 5.82 Å². The number of carbonyl (C=O) groups is 2. The van der Waals surface area contributed by atoms with Gasteiger partial charge in [-0.15, -0.1) is 0 Å². The Bertz CT molecular complexity index is 1550. The summed E-state index contributed by atoms with van der Waals surface area (Å²) in [6.07, 6.45) is -12.1. The fourth-order valence-electron chi connectivity index (χ4n) is 3.46. The van der Waals surface area contributed by atoms with Gasteiger partial charge in [-0.1, -0.05) is 12.1 Å². The fraction of sp³-hybridized carbons (Fsp3) is 0.167.